The van der Waals surface area contributed by atoms with Gasteiger partial charge in [-0.3, -0.25) is 14.4 Å². The van der Waals surface area contributed by atoms with Crippen LogP contribution in [0, 0.1) is 0 Å². The number of aliphatic carboxylic acids is 1. The number of carboxylic acids is 1. The summed E-state index contributed by atoms with van der Waals surface area (Å²) < 4.78 is 0. The molecule has 0 aromatic carbocycles. The number of rotatable bonds is 8. The SMILES string of the molecule is C[C@H](NC(=O)C[C@@H](N)C(=O)O)C(=O)NC(C(C)(C)N)C(C)(C)N. The maximum absolute atomic E-state index is 12.2. The highest BCUT2D eigenvalue weighted by atomic mass is 16.4. The smallest absolute Gasteiger partial charge is 0.321 e. The minimum atomic E-state index is -1.32. The second kappa shape index (κ2) is 7.71. The van der Waals surface area contributed by atoms with Gasteiger partial charge in [-0.15, -0.1) is 0 Å². The summed E-state index contributed by atoms with van der Waals surface area (Å²) in [7, 11) is 0. The van der Waals surface area contributed by atoms with E-state index >= 15 is 0 Å². The minimum absolute atomic E-state index is 0.416. The molecule has 0 radical (unpaired) electrons. The van der Waals surface area contributed by atoms with E-state index in [4.69, 9.17) is 22.3 Å². The molecule has 2 amide bonds. The van der Waals surface area contributed by atoms with E-state index in [1.165, 1.54) is 6.92 Å². The number of carbonyl (C=O) groups is 3. The van der Waals surface area contributed by atoms with E-state index in [0.29, 0.717) is 0 Å². The van der Waals surface area contributed by atoms with Crippen molar-refractivity contribution in [2.45, 2.75) is 70.2 Å². The molecule has 0 heterocycles. The molecule has 0 saturated carbocycles. The fourth-order valence-corrected chi connectivity index (χ4v) is 2.25. The van der Waals surface area contributed by atoms with Crippen molar-refractivity contribution in [3.05, 3.63) is 0 Å². The first-order valence-electron chi connectivity index (χ1n) is 7.32. The number of hydrogen-bond acceptors (Lipinski definition) is 6. The number of carboxylic acid groups (broad SMARTS) is 1. The lowest BCUT2D eigenvalue weighted by Gasteiger charge is -2.41. The van der Waals surface area contributed by atoms with Crippen molar-refractivity contribution in [1.29, 1.82) is 0 Å². The summed E-state index contributed by atoms with van der Waals surface area (Å²) in [5.74, 6) is -2.38. The van der Waals surface area contributed by atoms with E-state index in [9.17, 15) is 14.4 Å². The summed E-state index contributed by atoms with van der Waals surface area (Å²) in [5.41, 5.74) is 15.8. The summed E-state index contributed by atoms with van der Waals surface area (Å²) in [6, 6.07) is -2.73. The molecule has 0 aliphatic carbocycles. The topological polar surface area (TPSA) is 174 Å². The van der Waals surface area contributed by atoms with Crippen molar-refractivity contribution in [2.75, 3.05) is 0 Å². The molecule has 0 saturated heterocycles. The molecule has 0 rings (SSSR count). The highest BCUT2D eigenvalue weighted by Gasteiger charge is 2.38. The average molecular weight is 331 g/mol. The van der Waals surface area contributed by atoms with E-state index in [1.54, 1.807) is 27.7 Å². The van der Waals surface area contributed by atoms with E-state index in [-0.39, 0.29) is 0 Å². The van der Waals surface area contributed by atoms with Crippen molar-refractivity contribution < 1.29 is 19.5 Å². The fourth-order valence-electron chi connectivity index (χ4n) is 2.25. The van der Waals surface area contributed by atoms with Crippen molar-refractivity contribution in [2.24, 2.45) is 17.2 Å². The van der Waals surface area contributed by atoms with Gasteiger partial charge in [0.15, 0.2) is 0 Å². The highest BCUT2D eigenvalue weighted by molar-refractivity contribution is 5.89. The molecule has 2 atom stereocenters. The Hall–Kier alpha value is -1.71. The van der Waals surface area contributed by atoms with Crippen LogP contribution in [-0.4, -0.2) is 52.1 Å². The Kier molecular flexibility index (Phi) is 7.14. The predicted octanol–water partition coefficient (Wildman–Crippen LogP) is -1.75. The van der Waals surface area contributed by atoms with Gasteiger partial charge in [0.25, 0.3) is 0 Å². The lowest BCUT2D eigenvalue weighted by atomic mass is 9.82. The van der Waals surface area contributed by atoms with Crippen LogP contribution in [0.2, 0.25) is 0 Å². The summed E-state index contributed by atoms with van der Waals surface area (Å²) >= 11 is 0. The van der Waals surface area contributed by atoms with Gasteiger partial charge in [-0.2, -0.15) is 0 Å². The predicted molar refractivity (Wildman–Crippen MR) is 86.3 cm³/mol. The molecule has 0 spiro atoms. The molecule has 0 aliphatic rings. The first-order valence-corrected chi connectivity index (χ1v) is 7.32. The molecule has 0 bridgehead atoms. The molecule has 0 aromatic heterocycles. The Labute approximate surface area is 136 Å². The van der Waals surface area contributed by atoms with Gasteiger partial charge in [-0.05, 0) is 34.6 Å². The van der Waals surface area contributed by atoms with Crippen LogP contribution in [0.4, 0.5) is 0 Å². The van der Waals surface area contributed by atoms with E-state index in [0.717, 1.165) is 0 Å². The molecular formula is C14H29N5O4. The van der Waals surface area contributed by atoms with Crippen molar-refractivity contribution in [3.63, 3.8) is 0 Å². The quantitative estimate of drug-likeness (QED) is 0.306. The van der Waals surface area contributed by atoms with Gasteiger partial charge >= 0.3 is 5.97 Å². The van der Waals surface area contributed by atoms with Crippen LogP contribution >= 0.6 is 0 Å². The Balaban J connectivity index is 4.77. The van der Waals surface area contributed by atoms with Crippen LogP contribution in [0.15, 0.2) is 0 Å². The maximum atomic E-state index is 12.2. The van der Waals surface area contributed by atoms with E-state index in [2.05, 4.69) is 10.6 Å². The number of nitrogens with one attached hydrogen (secondary N) is 2. The normalized spacial score (nSPS) is 15.0. The van der Waals surface area contributed by atoms with Gasteiger partial charge in [0, 0.05) is 11.1 Å². The zero-order valence-electron chi connectivity index (χ0n) is 14.3. The Morgan fingerprint density at radius 2 is 1.48 bits per heavy atom. The number of carbonyl (C=O) groups excluding carboxylic acids is 2. The van der Waals surface area contributed by atoms with Gasteiger partial charge in [-0.25, -0.2) is 0 Å². The largest absolute Gasteiger partial charge is 0.480 e. The number of nitrogens with two attached hydrogens (primary N) is 3. The van der Waals surface area contributed by atoms with Gasteiger partial charge in [0.1, 0.15) is 12.1 Å². The summed E-state index contributed by atoms with van der Waals surface area (Å²) in [6.45, 7) is 8.43. The van der Waals surface area contributed by atoms with Crippen LogP contribution in [0.25, 0.3) is 0 Å². The second-order valence-corrected chi connectivity index (χ2v) is 7.02. The number of amides is 2. The Morgan fingerprint density at radius 3 is 1.83 bits per heavy atom. The lowest BCUT2D eigenvalue weighted by Crippen LogP contribution is -2.68. The van der Waals surface area contributed by atoms with Crippen LogP contribution < -0.4 is 27.8 Å². The molecule has 0 unspecified atom stereocenters. The van der Waals surface area contributed by atoms with E-state index < -0.39 is 53.4 Å². The maximum Gasteiger partial charge on any atom is 0.321 e. The molecule has 0 fully saturated rings. The third-order valence-corrected chi connectivity index (χ3v) is 3.27. The first kappa shape index (κ1) is 21.3. The van der Waals surface area contributed by atoms with Crippen LogP contribution in [-0.2, 0) is 14.4 Å². The van der Waals surface area contributed by atoms with Crippen molar-refractivity contribution in [1.82, 2.24) is 10.6 Å². The third-order valence-electron chi connectivity index (χ3n) is 3.27. The van der Waals surface area contributed by atoms with Gasteiger partial charge < -0.3 is 32.9 Å². The second-order valence-electron chi connectivity index (χ2n) is 7.02. The molecule has 0 aromatic rings. The van der Waals surface area contributed by atoms with Gasteiger partial charge in [0.2, 0.25) is 11.8 Å². The molecule has 0 aliphatic heterocycles. The Morgan fingerprint density at radius 1 is 1.04 bits per heavy atom. The molecule has 9 N–H and O–H groups in total. The van der Waals surface area contributed by atoms with Gasteiger partial charge in [-0.1, -0.05) is 0 Å². The van der Waals surface area contributed by atoms with Crippen molar-refractivity contribution in [3.8, 4) is 0 Å². The Bertz CT molecular complexity index is 439. The fraction of sp³-hybridized carbons (Fsp3) is 0.786. The zero-order valence-corrected chi connectivity index (χ0v) is 14.3. The summed E-state index contributed by atoms with van der Waals surface area (Å²) in [6.07, 6.45) is -0.416. The zero-order chi connectivity index (χ0) is 18.6. The lowest BCUT2D eigenvalue weighted by molar-refractivity contribution is -0.140. The van der Waals surface area contributed by atoms with Gasteiger partial charge in [0.05, 0.1) is 12.5 Å². The van der Waals surface area contributed by atoms with Crippen LogP contribution in [0.3, 0.4) is 0 Å². The number of hydrogen-bond donors (Lipinski definition) is 6. The van der Waals surface area contributed by atoms with Crippen LogP contribution in [0.5, 0.6) is 0 Å². The standard InChI is InChI=1S/C14H29N5O4/c1-7(18-9(20)6-8(15)11(22)23)10(21)19-12(13(2,3)16)14(4,5)17/h7-8,12H,6,15-17H2,1-5H3,(H,18,20)(H,19,21)(H,22,23)/t7-,8+/m0/s1. The molecule has 23 heavy (non-hydrogen) atoms. The van der Waals surface area contributed by atoms with Crippen molar-refractivity contribution >= 4 is 17.8 Å². The highest BCUT2D eigenvalue weighted by Crippen LogP contribution is 2.16. The molecular weight excluding hydrogens is 302 g/mol. The monoisotopic (exact) mass is 331 g/mol. The average Bonchev–Trinajstić information content (AvgIpc) is 2.31. The minimum Gasteiger partial charge on any atom is -0.480 e. The molecule has 9 heteroatoms. The van der Waals surface area contributed by atoms with Crippen LogP contribution in [0.1, 0.15) is 41.0 Å². The van der Waals surface area contributed by atoms with E-state index in [1.807, 2.05) is 0 Å². The third kappa shape index (κ3) is 7.40. The summed E-state index contributed by atoms with van der Waals surface area (Å²) in [5, 5.41) is 13.8. The first-order chi connectivity index (χ1) is 10.2. The molecule has 134 valence electrons. The summed E-state index contributed by atoms with van der Waals surface area (Å²) in [4.78, 5) is 34.5. The molecule has 9 nitrogen and oxygen atoms in total.